The van der Waals surface area contributed by atoms with Crippen LogP contribution in [0.15, 0.2) is 12.1 Å². The van der Waals surface area contributed by atoms with E-state index in [1.807, 2.05) is 6.92 Å². The Labute approximate surface area is 130 Å². The molecule has 1 atom stereocenters. The first-order chi connectivity index (χ1) is 9.38. The molecule has 0 saturated heterocycles. The van der Waals surface area contributed by atoms with Gasteiger partial charge in [0.25, 0.3) is 5.91 Å². The Hall–Kier alpha value is -0.970. The van der Waals surface area contributed by atoms with Crippen LogP contribution >= 0.6 is 23.2 Å². The Morgan fingerprint density at radius 2 is 1.80 bits per heavy atom. The summed E-state index contributed by atoms with van der Waals surface area (Å²) in [7, 11) is 0. The molecule has 6 heteroatoms. The third kappa shape index (κ3) is 4.54. The van der Waals surface area contributed by atoms with Crippen molar-refractivity contribution in [3.63, 3.8) is 0 Å². The highest BCUT2D eigenvalue weighted by Crippen LogP contribution is 2.28. The second-order valence-corrected chi connectivity index (χ2v) is 5.53. The first-order valence-corrected chi connectivity index (χ1v) is 7.42. The predicted octanol–water partition coefficient (Wildman–Crippen LogP) is 3.04. The van der Waals surface area contributed by atoms with Gasteiger partial charge in [0, 0.05) is 18.2 Å². The van der Waals surface area contributed by atoms with Crippen LogP contribution < -0.4 is 11.1 Å². The maximum absolute atomic E-state index is 12.1. The molecule has 1 amide bonds. The summed E-state index contributed by atoms with van der Waals surface area (Å²) < 4.78 is 0. The van der Waals surface area contributed by atoms with Gasteiger partial charge in [0.05, 0.1) is 15.7 Å². The second kappa shape index (κ2) is 7.72. The minimum absolute atomic E-state index is 0.0394. The zero-order valence-corrected chi connectivity index (χ0v) is 13.6. The monoisotopic (exact) mass is 317 g/mol. The van der Waals surface area contributed by atoms with E-state index in [0.717, 1.165) is 19.6 Å². The number of likely N-dealkylation sites (N-methyl/N-ethyl adjacent to an activating group) is 1. The minimum Gasteiger partial charge on any atom is -0.396 e. The van der Waals surface area contributed by atoms with E-state index in [1.165, 1.54) is 12.1 Å². The fraction of sp³-hybridized carbons (Fsp3) is 0.500. The molecule has 1 rings (SSSR count). The van der Waals surface area contributed by atoms with Crippen LogP contribution in [0.1, 0.15) is 31.1 Å². The van der Waals surface area contributed by atoms with Crippen LogP contribution in [0.3, 0.4) is 0 Å². The van der Waals surface area contributed by atoms with E-state index in [1.54, 1.807) is 0 Å². The molecule has 0 aliphatic carbocycles. The van der Waals surface area contributed by atoms with Crippen molar-refractivity contribution in [3.8, 4) is 0 Å². The lowest BCUT2D eigenvalue weighted by Crippen LogP contribution is -2.41. The molecular formula is C14H21Cl2N3O. The molecule has 1 aromatic carbocycles. The van der Waals surface area contributed by atoms with Crippen LogP contribution in [-0.4, -0.2) is 36.5 Å². The molecule has 0 aliphatic rings. The number of hydrogen-bond acceptors (Lipinski definition) is 3. The topological polar surface area (TPSA) is 58.4 Å². The number of nitrogens with zero attached hydrogens (tertiary/aromatic N) is 1. The van der Waals surface area contributed by atoms with Crippen LogP contribution in [0.2, 0.25) is 10.0 Å². The number of hydrogen-bond donors (Lipinski definition) is 2. The van der Waals surface area contributed by atoms with E-state index in [0.29, 0.717) is 21.3 Å². The van der Waals surface area contributed by atoms with Gasteiger partial charge in [-0.2, -0.15) is 0 Å². The number of nitrogens with two attached hydrogens (primary N) is 1. The van der Waals surface area contributed by atoms with Crippen molar-refractivity contribution in [1.82, 2.24) is 10.2 Å². The van der Waals surface area contributed by atoms with Crippen LogP contribution in [0, 0.1) is 0 Å². The highest BCUT2D eigenvalue weighted by Gasteiger charge is 2.14. The van der Waals surface area contributed by atoms with E-state index in [9.17, 15) is 4.79 Å². The van der Waals surface area contributed by atoms with Crippen molar-refractivity contribution in [1.29, 1.82) is 0 Å². The molecule has 0 fully saturated rings. The molecule has 1 unspecified atom stereocenters. The van der Waals surface area contributed by atoms with E-state index < -0.39 is 0 Å². The molecule has 112 valence electrons. The number of nitrogen functional groups attached to an aromatic ring is 1. The number of anilines is 1. The van der Waals surface area contributed by atoms with Gasteiger partial charge in [0.1, 0.15) is 0 Å². The second-order valence-electron chi connectivity index (χ2n) is 4.71. The number of benzene rings is 1. The molecule has 0 radical (unpaired) electrons. The van der Waals surface area contributed by atoms with Gasteiger partial charge in [-0.25, -0.2) is 0 Å². The summed E-state index contributed by atoms with van der Waals surface area (Å²) in [5.74, 6) is -0.201. The first kappa shape index (κ1) is 17.1. The van der Waals surface area contributed by atoms with E-state index in [2.05, 4.69) is 24.1 Å². The van der Waals surface area contributed by atoms with Gasteiger partial charge in [0.15, 0.2) is 0 Å². The van der Waals surface area contributed by atoms with Crippen LogP contribution in [0.25, 0.3) is 0 Å². The highest BCUT2D eigenvalue weighted by atomic mass is 35.5. The van der Waals surface area contributed by atoms with Crippen molar-refractivity contribution in [2.24, 2.45) is 0 Å². The smallest absolute Gasteiger partial charge is 0.251 e. The van der Waals surface area contributed by atoms with Crippen molar-refractivity contribution < 1.29 is 4.79 Å². The number of halogens is 2. The third-order valence-electron chi connectivity index (χ3n) is 3.15. The van der Waals surface area contributed by atoms with E-state index in [4.69, 9.17) is 28.9 Å². The van der Waals surface area contributed by atoms with Crippen molar-refractivity contribution in [3.05, 3.63) is 27.7 Å². The predicted molar refractivity (Wildman–Crippen MR) is 85.6 cm³/mol. The quantitative estimate of drug-likeness (QED) is 0.793. The van der Waals surface area contributed by atoms with Gasteiger partial charge in [-0.1, -0.05) is 37.0 Å². The van der Waals surface area contributed by atoms with Crippen molar-refractivity contribution >= 4 is 34.8 Å². The number of carbonyl (C=O) groups excluding carboxylic acids is 1. The minimum atomic E-state index is -0.201. The van der Waals surface area contributed by atoms with Gasteiger partial charge < -0.3 is 16.0 Å². The number of rotatable bonds is 6. The van der Waals surface area contributed by atoms with Gasteiger partial charge in [0.2, 0.25) is 0 Å². The molecule has 1 aromatic rings. The molecule has 4 nitrogen and oxygen atoms in total. The Morgan fingerprint density at radius 3 is 2.25 bits per heavy atom. The van der Waals surface area contributed by atoms with E-state index in [-0.39, 0.29) is 11.9 Å². The summed E-state index contributed by atoms with van der Waals surface area (Å²) in [6.07, 6.45) is 0. The number of amides is 1. The molecule has 0 saturated carbocycles. The van der Waals surface area contributed by atoms with Gasteiger partial charge in [-0.3, -0.25) is 4.79 Å². The standard InChI is InChI=1S/C14H21Cl2N3O/c1-4-19(5-2)8-9(3)18-14(20)10-6-11(15)13(17)12(16)7-10/h6-7,9H,4-5,8,17H2,1-3H3,(H,18,20). The van der Waals surface area contributed by atoms with E-state index >= 15 is 0 Å². The van der Waals surface area contributed by atoms with Gasteiger partial charge in [-0.05, 0) is 32.1 Å². The maximum Gasteiger partial charge on any atom is 0.251 e. The summed E-state index contributed by atoms with van der Waals surface area (Å²) in [6.45, 7) is 8.87. The number of carbonyl (C=O) groups is 1. The molecule has 0 heterocycles. The summed E-state index contributed by atoms with van der Waals surface area (Å²) >= 11 is 11.9. The lowest BCUT2D eigenvalue weighted by molar-refractivity contribution is 0.0930. The lowest BCUT2D eigenvalue weighted by atomic mass is 10.1. The summed E-state index contributed by atoms with van der Waals surface area (Å²) in [4.78, 5) is 14.4. The molecular weight excluding hydrogens is 297 g/mol. The molecule has 0 spiro atoms. The molecule has 20 heavy (non-hydrogen) atoms. The van der Waals surface area contributed by atoms with Crippen molar-refractivity contribution in [2.45, 2.75) is 26.8 Å². The molecule has 0 bridgehead atoms. The average Bonchev–Trinajstić information content (AvgIpc) is 2.41. The largest absolute Gasteiger partial charge is 0.396 e. The van der Waals surface area contributed by atoms with Crippen LogP contribution in [-0.2, 0) is 0 Å². The third-order valence-corrected chi connectivity index (χ3v) is 3.77. The summed E-state index contributed by atoms with van der Waals surface area (Å²) in [6, 6.07) is 3.10. The molecule has 0 aromatic heterocycles. The Bertz CT molecular complexity index is 452. The molecule has 3 N–H and O–H groups in total. The zero-order valence-electron chi connectivity index (χ0n) is 12.0. The maximum atomic E-state index is 12.1. The Balaban J connectivity index is 2.71. The lowest BCUT2D eigenvalue weighted by Gasteiger charge is -2.23. The van der Waals surface area contributed by atoms with Crippen molar-refractivity contribution in [2.75, 3.05) is 25.4 Å². The Kier molecular flexibility index (Phi) is 6.59. The highest BCUT2D eigenvalue weighted by molar-refractivity contribution is 6.39. The van der Waals surface area contributed by atoms with Gasteiger partial charge >= 0.3 is 0 Å². The normalized spacial score (nSPS) is 12.5. The summed E-state index contributed by atoms with van der Waals surface area (Å²) in [5, 5.41) is 3.51. The average molecular weight is 318 g/mol. The van der Waals surface area contributed by atoms with Gasteiger partial charge in [-0.15, -0.1) is 0 Å². The first-order valence-electron chi connectivity index (χ1n) is 6.66. The number of nitrogens with one attached hydrogen (secondary N) is 1. The fourth-order valence-corrected chi connectivity index (χ4v) is 2.42. The Morgan fingerprint density at radius 1 is 1.30 bits per heavy atom. The fourth-order valence-electron chi connectivity index (χ4n) is 1.94. The zero-order chi connectivity index (χ0) is 15.3. The summed E-state index contributed by atoms with van der Waals surface area (Å²) in [5.41, 5.74) is 6.36. The van der Waals surface area contributed by atoms with Crippen LogP contribution in [0.4, 0.5) is 5.69 Å². The SMILES string of the molecule is CCN(CC)CC(C)NC(=O)c1cc(Cl)c(N)c(Cl)c1. The van der Waals surface area contributed by atoms with Crippen LogP contribution in [0.5, 0.6) is 0 Å². The molecule has 0 aliphatic heterocycles.